The van der Waals surface area contributed by atoms with Crippen LogP contribution in [0, 0.1) is 5.82 Å². The van der Waals surface area contributed by atoms with Gasteiger partial charge in [-0.05, 0) is 61.0 Å². The molecule has 2 aromatic carbocycles. The lowest BCUT2D eigenvalue weighted by molar-refractivity contribution is -0.00106. The number of carbonyl (C=O) groups is 1. The summed E-state index contributed by atoms with van der Waals surface area (Å²) < 4.78 is 46.6. The summed E-state index contributed by atoms with van der Waals surface area (Å²) in [6, 6.07) is 13.5. The molecule has 0 bridgehead atoms. The van der Waals surface area contributed by atoms with Gasteiger partial charge in [-0.2, -0.15) is 0 Å². The predicted molar refractivity (Wildman–Crippen MR) is 131 cm³/mol. The van der Waals surface area contributed by atoms with Crippen LogP contribution in [0.5, 0.6) is 5.75 Å². The maximum Gasteiger partial charge on any atom is 0.258 e. The third-order valence-corrected chi connectivity index (χ3v) is 5.34. The van der Waals surface area contributed by atoms with Crippen molar-refractivity contribution in [2.24, 2.45) is 5.84 Å². The van der Waals surface area contributed by atoms with Gasteiger partial charge in [-0.3, -0.25) is 4.79 Å². The Kier molecular flexibility index (Phi) is 8.18. The third-order valence-electron chi connectivity index (χ3n) is 5.34. The van der Waals surface area contributed by atoms with Crippen LogP contribution < -0.4 is 27.1 Å². The first-order valence-electron chi connectivity index (χ1n) is 11.2. The minimum absolute atomic E-state index is 0.179. The molecule has 1 fully saturated rings. The number of hydrogen-bond donors (Lipinski definition) is 4. The smallest absolute Gasteiger partial charge is 0.258 e. The average molecular weight is 488 g/mol. The highest BCUT2D eigenvalue weighted by Crippen LogP contribution is 2.37. The fourth-order valence-corrected chi connectivity index (χ4v) is 3.62. The van der Waals surface area contributed by atoms with Gasteiger partial charge in [0.1, 0.15) is 17.7 Å². The molecule has 6 N–H and O–H groups in total. The van der Waals surface area contributed by atoms with Gasteiger partial charge in [0.05, 0.1) is 16.9 Å². The van der Waals surface area contributed by atoms with E-state index in [0.29, 0.717) is 28.4 Å². The second-order valence-corrected chi connectivity index (χ2v) is 7.79. The van der Waals surface area contributed by atoms with E-state index < -0.39 is 23.8 Å². The van der Waals surface area contributed by atoms with Crippen LogP contribution >= 0.6 is 0 Å². The Morgan fingerprint density at radius 1 is 1.11 bits per heavy atom. The normalized spacial score (nSPS) is 16.1. The lowest BCUT2D eigenvalue weighted by Gasteiger charge is -2.14. The molecule has 4 rings (SSSR count). The Balaban J connectivity index is 0.00000167. The molecule has 1 saturated carbocycles. The topological polar surface area (TPSA) is 115 Å². The number of nitrogen functional groups attached to an aromatic ring is 2. The van der Waals surface area contributed by atoms with E-state index in [0.717, 1.165) is 0 Å². The number of pyridine rings is 1. The highest BCUT2D eigenvalue weighted by molar-refractivity contribution is 6.05. The number of nitrogens with one attached hydrogen (secondary N) is 2. The van der Waals surface area contributed by atoms with E-state index in [1.54, 1.807) is 36.4 Å². The van der Waals surface area contributed by atoms with Gasteiger partial charge in [0.2, 0.25) is 0 Å². The molecular formula is C25H28F3N5O2. The largest absolute Gasteiger partial charge is 0.490 e. The van der Waals surface area contributed by atoms with Crippen molar-refractivity contribution >= 4 is 23.1 Å². The predicted octanol–water partition coefficient (Wildman–Crippen LogP) is 5.60. The zero-order chi connectivity index (χ0) is 25.6. The summed E-state index contributed by atoms with van der Waals surface area (Å²) in [5.74, 6) is 2.01. The molecule has 1 aliphatic rings. The van der Waals surface area contributed by atoms with Crippen molar-refractivity contribution in [2.75, 3.05) is 16.5 Å². The molecule has 0 aliphatic heterocycles. The standard InChI is InChI=1S/C23H22F3N5O2.C2H6/c24-18-6-1-13(20-8-7-19(27)21(30-20)31-28)11-17(18)22(32)29-14-2-4-15(5-3-14)33-16-9-10-23(25,26)12-16;1-2/h1-8,11,16H,9-10,12,27-28H2,(H,29,32)(H,30,31);1-2H3. The van der Waals surface area contributed by atoms with Crippen molar-refractivity contribution in [1.29, 1.82) is 0 Å². The summed E-state index contributed by atoms with van der Waals surface area (Å²) in [6.07, 6.45) is -0.763. The minimum Gasteiger partial charge on any atom is -0.490 e. The molecule has 0 saturated heterocycles. The number of anilines is 3. The van der Waals surface area contributed by atoms with Crippen LogP contribution in [-0.2, 0) is 0 Å². The van der Waals surface area contributed by atoms with Gasteiger partial charge in [-0.15, -0.1) is 0 Å². The molecular weight excluding hydrogens is 459 g/mol. The Morgan fingerprint density at radius 2 is 1.83 bits per heavy atom. The second kappa shape index (κ2) is 11.1. The summed E-state index contributed by atoms with van der Waals surface area (Å²) in [6.45, 7) is 4.00. The molecule has 1 amide bonds. The highest BCUT2D eigenvalue weighted by atomic mass is 19.3. The number of nitrogens with zero attached hydrogens (tertiary/aromatic N) is 1. The van der Waals surface area contributed by atoms with Gasteiger partial charge < -0.3 is 21.2 Å². The number of benzene rings is 2. The Labute approximate surface area is 201 Å². The summed E-state index contributed by atoms with van der Waals surface area (Å²) in [4.78, 5) is 17.0. The second-order valence-electron chi connectivity index (χ2n) is 7.79. The summed E-state index contributed by atoms with van der Waals surface area (Å²) in [5.41, 5.74) is 9.65. The molecule has 186 valence electrons. The third kappa shape index (κ3) is 6.42. The van der Waals surface area contributed by atoms with Crippen LogP contribution in [0.2, 0.25) is 0 Å². The number of rotatable bonds is 6. The van der Waals surface area contributed by atoms with Crippen LogP contribution in [0.25, 0.3) is 11.3 Å². The maximum absolute atomic E-state index is 14.4. The van der Waals surface area contributed by atoms with E-state index in [4.69, 9.17) is 16.3 Å². The van der Waals surface area contributed by atoms with Gasteiger partial charge in [0.25, 0.3) is 11.8 Å². The lowest BCUT2D eigenvalue weighted by atomic mass is 10.1. The van der Waals surface area contributed by atoms with Crippen molar-refractivity contribution in [1.82, 2.24) is 4.98 Å². The molecule has 1 unspecified atom stereocenters. The molecule has 0 spiro atoms. The fraction of sp³-hybridized carbons (Fsp3) is 0.280. The Bertz CT molecular complexity index is 1170. The van der Waals surface area contributed by atoms with E-state index in [9.17, 15) is 18.0 Å². The summed E-state index contributed by atoms with van der Waals surface area (Å²) in [5, 5.41) is 2.62. The Hall–Kier alpha value is -3.79. The number of hydrazine groups is 1. The van der Waals surface area contributed by atoms with Crippen molar-refractivity contribution in [3.8, 4) is 17.0 Å². The van der Waals surface area contributed by atoms with E-state index >= 15 is 0 Å². The van der Waals surface area contributed by atoms with E-state index in [-0.39, 0.29) is 30.6 Å². The van der Waals surface area contributed by atoms with Gasteiger partial charge in [0, 0.05) is 24.1 Å². The van der Waals surface area contributed by atoms with Crippen LogP contribution in [0.4, 0.5) is 30.4 Å². The summed E-state index contributed by atoms with van der Waals surface area (Å²) >= 11 is 0. The number of halogens is 3. The van der Waals surface area contributed by atoms with Crippen molar-refractivity contribution < 1.29 is 22.7 Å². The van der Waals surface area contributed by atoms with E-state index in [1.165, 1.54) is 18.2 Å². The number of nitrogens with two attached hydrogens (primary N) is 2. The molecule has 1 heterocycles. The number of ether oxygens (including phenoxy) is 1. The molecule has 3 aromatic rings. The van der Waals surface area contributed by atoms with Gasteiger partial charge in [-0.1, -0.05) is 13.8 Å². The Morgan fingerprint density at radius 3 is 2.46 bits per heavy atom. The zero-order valence-corrected chi connectivity index (χ0v) is 19.4. The van der Waals surface area contributed by atoms with Gasteiger partial charge in [0.15, 0.2) is 5.82 Å². The van der Waals surface area contributed by atoms with E-state index in [1.807, 2.05) is 13.8 Å². The molecule has 1 aliphatic carbocycles. The average Bonchev–Trinajstić information content (AvgIpc) is 3.20. The number of aromatic nitrogens is 1. The first-order valence-corrected chi connectivity index (χ1v) is 11.2. The van der Waals surface area contributed by atoms with E-state index in [2.05, 4.69) is 15.7 Å². The molecule has 10 heteroatoms. The number of amides is 1. The SMILES string of the molecule is CC.NNc1nc(-c2ccc(F)c(C(=O)Nc3ccc(OC4CCC(F)(F)C4)cc3)c2)ccc1N. The molecule has 1 atom stereocenters. The van der Waals surface area contributed by atoms with Gasteiger partial charge in [-0.25, -0.2) is 24.0 Å². The molecule has 7 nitrogen and oxygen atoms in total. The molecule has 35 heavy (non-hydrogen) atoms. The van der Waals surface area contributed by atoms with Crippen molar-refractivity contribution in [3.05, 3.63) is 66.0 Å². The van der Waals surface area contributed by atoms with Crippen LogP contribution in [0.1, 0.15) is 43.5 Å². The lowest BCUT2D eigenvalue weighted by Crippen LogP contribution is -2.17. The van der Waals surface area contributed by atoms with Gasteiger partial charge >= 0.3 is 0 Å². The van der Waals surface area contributed by atoms with Crippen LogP contribution in [0.3, 0.4) is 0 Å². The number of hydrogen-bond acceptors (Lipinski definition) is 6. The molecule has 0 radical (unpaired) electrons. The van der Waals surface area contributed by atoms with Crippen molar-refractivity contribution in [2.45, 2.75) is 45.1 Å². The first-order chi connectivity index (χ1) is 16.7. The first kappa shape index (κ1) is 25.8. The van der Waals surface area contributed by atoms with Crippen LogP contribution in [0.15, 0.2) is 54.6 Å². The number of alkyl halides is 2. The van der Waals surface area contributed by atoms with Crippen LogP contribution in [-0.4, -0.2) is 22.9 Å². The van der Waals surface area contributed by atoms with Crippen molar-refractivity contribution in [3.63, 3.8) is 0 Å². The monoisotopic (exact) mass is 487 g/mol. The maximum atomic E-state index is 14.4. The number of carbonyl (C=O) groups excluding carboxylic acids is 1. The quantitative estimate of drug-likeness (QED) is 0.266. The summed E-state index contributed by atoms with van der Waals surface area (Å²) in [7, 11) is 0. The zero-order valence-electron chi connectivity index (χ0n) is 19.4. The minimum atomic E-state index is -2.69. The fourth-order valence-electron chi connectivity index (χ4n) is 3.62. The molecule has 1 aromatic heterocycles. The highest BCUT2D eigenvalue weighted by Gasteiger charge is 2.40.